The van der Waals surface area contributed by atoms with Crippen LogP contribution < -0.4 is 15.2 Å². The van der Waals surface area contributed by atoms with Crippen molar-refractivity contribution < 1.29 is 27.6 Å². The summed E-state index contributed by atoms with van der Waals surface area (Å²) in [6.45, 7) is 7.11. The Balaban J connectivity index is 0.000000976. The first-order valence-electron chi connectivity index (χ1n) is 12.9. The average molecular weight is 559 g/mol. The number of ether oxygens (including phenoxy) is 2. The van der Waals surface area contributed by atoms with Gasteiger partial charge in [0.25, 0.3) is 10.1 Å². The largest absolute Gasteiger partial charge is 0.497 e. The van der Waals surface area contributed by atoms with Crippen LogP contribution in [0.2, 0.25) is 0 Å². The van der Waals surface area contributed by atoms with Crippen LogP contribution >= 0.6 is 0 Å². The van der Waals surface area contributed by atoms with E-state index in [1.165, 1.54) is 5.56 Å². The van der Waals surface area contributed by atoms with Crippen molar-refractivity contribution in [1.29, 1.82) is 0 Å². The van der Waals surface area contributed by atoms with E-state index in [1.807, 2.05) is 66.7 Å². The van der Waals surface area contributed by atoms with Crippen LogP contribution in [-0.2, 0) is 29.7 Å². The first-order valence-corrected chi connectivity index (χ1v) is 14.7. The maximum atomic E-state index is 10.9. The molecular formula is C30H42N2O6S. The SMILES string of the molecule is COc1ccc(CN(CC(C)C)C[C@@H](O)[C@@H](N)Cc2ccc(OCc3ccccc3)cc2)cc1.CS(=O)(=O)O. The molecule has 0 saturated heterocycles. The molecule has 8 nitrogen and oxygen atoms in total. The fourth-order valence-corrected chi connectivity index (χ4v) is 3.98. The van der Waals surface area contributed by atoms with Crippen LogP contribution in [0.5, 0.6) is 11.5 Å². The van der Waals surface area contributed by atoms with Crippen molar-refractivity contribution in [3.05, 3.63) is 95.6 Å². The van der Waals surface area contributed by atoms with Gasteiger partial charge in [-0.15, -0.1) is 0 Å². The zero-order valence-electron chi connectivity index (χ0n) is 23.2. The highest BCUT2D eigenvalue weighted by Crippen LogP contribution is 2.17. The summed E-state index contributed by atoms with van der Waals surface area (Å²) in [6, 6.07) is 25.8. The predicted octanol–water partition coefficient (Wildman–Crippen LogP) is 4.17. The van der Waals surface area contributed by atoms with Gasteiger partial charge in [0.05, 0.1) is 19.5 Å². The number of rotatable bonds is 13. The lowest BCUT2D eigenvalue weighted by molar-refractivity contribution is 0.0818. The third-order valence-electron chi connectivity index (χ3n) is 5.77. The molecule has 0 heterocycles. The van der Waals surface area contributed by atoms with Gasteiger partial charge < -0.3 is 20.3 Å². The monoisotopic (exact) mass is 558 g/mol. The minimum absolute atomic E-state index is 0.346. The summed E-state index contributed by atoms with van der Waals surface area (Å²) in [5, 5.41) is 10.9. The molecule has 0 unspecified atom stereocenters. The number of hydrogen-bond donors (Lipinski definition) is 3. The van der Waals surface area contributed by atoms with Gasteiger partial charge >= 0.3 is 0 Å². The second-order valence-electron chi connectivity index (χ2n) is 10.0. The standard InChI is InChI=1S/C29H38N2O3.CH4O3S/c1-22(2)18-31(19-24-11-13-26(33-3)14-12-24)20-29(32)28(30)17-23-9-15-27(16-10-23)34-21-25-7-5-4-6-8-25;1-5(2,3)4/h4-16,22,28-29,32H,17-21,30H2,1-3H3;1H3,(H,2,3,4)/t28-,29+;/m0./s1. The molecule has 0 aliphatic rings. The smallest absolute Gasteiger partial charge is 0.261 e. The average Bonchev–Trinajstić information content (AvgIpc) is 2.88. The molecule has 0 bridgehead atoms. The van der Waals surface area contributed by atoms with E-state index in [2.05, 4.69) is 30.9 Å². The number of methoxy groups -OCH3 is 1. The van der Waals surface area contributed by atoms with E-state index in [-0.39, 0.29) is 6.04 Å². The number of benzene rings is 3. The number of nitrogens with two attached hydrogens (primary N) is 1. The molecule has 9 heteroatoms. The normalized spacial score (nSPS) is 12.9. The van der Waals surface area contributed by atoms with Crippen molar-refractivity contribution in [1.82, 2.24) is 4.90 Å². The molecule has 0 fully saturated rings. The fraction of sp³-hybridized carbons (Fsp3) is 0.400. The number of aliphatic hydroxyl groups excluding tert-OH is 1. The van der Waals surface area contributed by atoms with E-state index in [4.69, 9.17) is 19.8 Å². The summed E-state index contributed by atoms with van der Waals surface area (Å²) >= 11 is 0. The van der Waals surface area contributed by atoms with Crippen LogP contribution in [0.25, 0.3) is 0 Å². The lowest BCUT2D eigenvalue weighted by Crippen LogP contribution is -2.45. The molecule has 3 aromatic rings. The van der Waals surface area contributed by atoms with Crippen LogP contribution in [0.1, 0.15) is 30.5 Å². The molecule has 0 aromatic heterocycles. The molecule has 0 aliphatic carbocycles. The van der Waals surface area contributed by atoms with Gasteiger partial charge in [-0.25, -0.2) is 0 Å². The van der Waals surface area contributed by atoms with Gasteiger partial charge in [0.15, 0.2) is 0 Å². The number of nitrogens with zero attached hydrogens (tertiary/aromatic N) is 1. The van der Waals surface area contributed by atoms with Crippen molar-refractivity contribution >= 4 is 10.1 Å². The Hall–Kier alpha value is -2.95. The van der Waals surface area contributed by atoms with Crippen molar-refractivity contribution in [2.24, 2.45) is 11.7 Å². The minimum atomic E-state index is -3.67. The van der Waals surface area contributed by atoms with E-state index >= 15 is 0 Å². The van der Waals surface area contributed by atoms with Gasteiger partial charge in [0.2, 0.25) is 0 Å². The Kier molecular flexibility index (Phi) is 13.4. The molecule has 0 saturated carbocycles. The van der Waals surface area contributed by atoms with Crippen molar-refractivity contribution in [3.8, 4) is 11.5 Å². The Morgan fingerprint density at radius 3 is 1.92 bits per heavy atom. The summed E-state index contributed by atoms with van der Waals surface area (Å²) in [6.07, 6.45) is 0.705. The minimum Gasteiger partial charge on any atom is -0.497 e. The van der Waals surface area contributed by atoms with Crippen LogP contribution in [0.15, 0.2) is 78.9 Å². The van der Waals surface area contributed by atoms with E-state index in [0.29, 0.717) is 31.7 Å². The molecule has 2 atom stereocenters. The molecule has 0 aliphatic heterocycles. The quantitative estimate of drug-likeness (QED) is 0.267. The fourth-order valence-electron chi connectivity index (χ4n) is 3.98. The maximum Gasteiger partial charge on any atom is 0.261 e. The summed E-state index contributed by atoms with van der Waals surface area (Å²) in [7, 11) is -2.00. The third kappa shape index (κ3) is 14.1. The molecule has 4 N–H and O–H groups in total. The van der Waals surface area contributed by atoms with Crippen molar-refractivity contribution in [2.45, 2.75) is 45.6 Å². The summed E-state index contributed by atoms with van der Waals surface area (Å²) in [4.78, 5) is 2.28. The van der Waals surface area contributed by atoms with Gasteiger partial charge in [0, 0.05) is 25.7 Å². The van der Waals surface area contributed by atoms with Gasteiger partial charge in [-0.1, -0.05) is 68.4 Å². The first-order chi connectivity index (χ1) is 18.4. The lowest BCUT2D eigenvalue weighted by atomic mass is 10.0. The van der Waals surface area contributed by atoms with Crippen LogP contribution in [-0.4, -0.2) is 61.6 Å². The van der Waals surface area contributed by atoms with Gasteiger partial charge in [-0.2, -0.15) is 8.42 Å². The summed E-state index contributed by atoms with van der Waals surface area (Å²) in [5.41, 5.74) is 9.82. The van der Waals surface area contributed by atoms with Gasteiger partial charge in [-0.05, 0) is 53.3 Å². The van der Waals surface area contributed by atoms with E-state index in [9.17, 15) is 13.5 Å². The second kappa shape index (κ2) is 16.2. The highest BCUT2D eigenvalue weighted by Gasteiger charge is 2.20. The van der Waals surface area contributed by atoms with Crippen LogP contribution in [0, 0.1) is 5.92 Å². The van der Waals surface area contributed by atoms with Crippen LogP contribution in [0.4, 0.5) is 0 Å². The molecule has 3 aromatic carbocycles. The zero-order chi connectivity index (χ0) is 28.8. The second-order valence-corrected chi connectivity index (χ2v) is 11.5. The van der Waals surface area contributed by atoms with E-state index in [0.717, 1.165) is 35.7 Å². The molecule has 0 spiro atoms. The highest BCUT2D eigenvalue weighted by atomic mass is 32.2. The topological polar surface area (TPSA) is 122 Å². The zero-order valence-corrected chi connectivity index (χ0v) is 24.0. The Morgan fingerprint density at radius 2 is 1.38 bits per heavy atom. The summed E-state index contributed by atoms with van der Waals surface area (Å²) in [5.74, 6) is 2.16. The van der Waals surface area contributed by atoms with Crippen molar-refractivity contribution in [3.63, 3.8) is 0 Å². The van der Waals surface area contributed by atoms with Gasteiger partial charge in [0.1, 0.15) is 18.1 Å². The molecule has 39 heavy (non-hydrogen) atoms. The summed E-state index contributed by atoms with van der Waals surface area (Å²) < 4.78 is 37.0. The molecule has 214 valence electrons. The predicted molar refractivity (Wildman–Crippen MR) is 155 cm³/mol. The maximum absolute atomic E-state index is 10.9. The third-order valence-corrected chi connectivity index (χ3v) is 5.77. The Labute approximate surface area is 233 Å². The Morgan fingerprint density at radius 1 is 0.846 bits per heavy atom. The number of aliphatic hydroxyl groups is 1. The first kappa shape index (κ1) is 32.3. The van der Waals surface area contributed by atoms with Crippen LogP contribution in [0.3, 0.4) is 0 Å². The lowest BCUT2D eigenvalue weighted by Gasteiger charge is -2.29. The molecule has 0 radical (unpaired) electrons. The number of hydrogen-bond acceptors (Lipinski definition) is 7. The molecule has 0 amide bonds. The van der Waals surface area contributed by atoms with Gasteiger partial charge in [-0.3, -0.25) is 9.45 Å². The molecular weight excluding hydrogens is 516 g/mol. The van der Waals surface area contributed by atoms with Crippen molar-refractivity contribution in [2.75, 3.05) is 26.5 Å². The highest BCUT2D eigenvalue weighted by molar-refractivity contribution is 7.85. The Bertz CT molecular complexity index is 1180. The molecule has 3 rings (SSSR count). The van der Waals surface area contributed by atoms with E-state index in [1.54, 1.807) is 7.11 Å². The van der Waals surface area contributed by atoms with E-state index < -0.39 is 16.2 Å².